The first-order valence-corrected chi connectivity index (χ1v) is 21.3. The zero-order valence-corrected chi connectivity index (χ0v) is 32.9. The van der Waals surface area contributed by atoms with Crippen molar-refractivity contribution in [2.75, 3.05) is 26.7 Å². The molecule has 0 saturated carbocycles. The summed E-state index contributed by atoms with van der Waals surface area (Å²) in [6, 6.07) is 0. The molecule has 1 fully saturated rings. The highest BCUT2D eigenvalue weighted by atomic mass is 16.7. The van der Waals surface area contributed by atoms with Crippen LogP contribution < -0.4 is 0 Å². The van der Waals surface area contributed by atoms with Crippen LogP contribution in [-0.4, -0.2) is 43.5 Å². The van der Waals surface area contributed by atoms with Gasteiger partial charge in [0.15, 0.2) is 5.79 Å². The second-order valence-electron chi connectivity index (χ2n) is 14.7. The quantitative estimate of drug-likeness (QED) is 0.0495. The van der Waals surface area contributed by atoms with Crippen LogP contribution in [0.4, 0.5) is 0 Å². The maximum atomic E-state index is 6.75. The summed E-state index contributed by atoms with van der Waals surface area (Å²) >= 11 is 0. The minimum Gasteiger partial charge on any atom is -0.347 e. The third-order valence-corrected chi connectivity index (χ3v) is 9.87. The van der Waals surface area contributed by atoms with E-state index in [2.05, 4.69) is 81.3 Å². The van der Waals surface area contributed by atoms with Gasteiger partial charge >= 0.3 is 0 Å². The second kappa shape index (κ2) is 34.3. The van der Waals surface area contributed by atoms with E-state index < -0.39 is 0 Å². The Kier molecular flexibility index (Phi) is 32.1. The van der Waals surface area contributed by atoms with Crippen LogP contribution in [0.25, 0.3) is 0 Å². The van der Waals surface area contributed by atoms with Gasteiger partial charge in [0.05, 0.1) is 12.7 Å². The molecule has 3 heteroatoms. The number of unbranched alkanes of at least 4 members (excludes halogenated alkanes) is 18. The Morgan fingerprint density at radius 2 is 0.917 bits per heavy atom. The first-order valence-electron chi connectivity index (χ1n) is 21.3. The maximum Gasteiger partial charge on any atom is 0.168 e. The van der Waals surface area contributed by atoms with Gasteiger partial charge in [0.25, 0.3) is 0 Å². The molecule has 1 aliphatic heterocycles. The van der Waals surface area contributed by atoms with Crippen LogP contribution in [0.15, 0.2) is 48.6 Å². The fourth-order valence-corrected chi connectivity index (χ4v) is 6.77. The highest BCUT2D eigenvalue weighted by molar-refractivity contribution is 4.93. The molecule has 0 aliphatic carbocycles. The van der Waals surface area contributed by atoms with E-state index in [1.807, 2.05) is 0 Å². The van der Waals surface area contributed by atoms with Crippen molar-refractivity contribution in [1.82, 2.24) is 4.90 Å². The van der Waals surface area contributed by atoms with Gasteiger partial charge in [0, 0.05) is 19.4 Å². The van der Waals surface area contributed by atoms with Gasteiger partial charge in [-0.1, -0.05) is 146 Å². The van der Waals surface area contributed by atoms with E-state index in [9.17, 15) is 0 Å². The van der Waals surface area contributed by atoms with E-state index in [-0.39, 0.29) is 11.9 Å². The summed E-state index contributed by atoms with van der Waals surface area (Å²) in [5.74, 6) is -0.321. The van der Waals surface area contributed by atoms with Crippen LogP contribution in [0.5, 0.6) is 0 Å². The second-order valence-corrected chi connectivity index (χ2v) is 14.7. The van der Waals surface area contributed by atoms with Crippen molar-refractivity contribution < 1.29 is 9.47 Å². The number of nitrogens with zero attached hydrogens (tertiary/aromatic N) is 1. The van der Waals surface area contributed by atoms with E-state index >= 15 is 0 Å². The summed E-state index contributed by atoms with van der Waals surface area (Å²) in [6.45, 7) is 9.85. The maximum absolute atomic E-state index is 6.75. The Balaban J connectivity index is 2.22. The minimum absolute atomic E-state index is 0.263. The molecule has 1 aliphatic rings. The molecular formula is C45H83NO2. The summed E-state index contributed by atoms with van der Waals surface area (Å²) in [5.41, 5.74) is 0. The van der Waals surface area contributed by atoms with Gasteiger partial charge in [-0.2, -0.15) is 0 Å². The fourth-order valence-electron chi connectivity index (χ4n) is 6.77. The van der Waals surface area contributed by atoms with Crippen molar-refractivity contribution in [3.05, 3.63) is 48.6 Å². The number of hydrogen-bond acceptors (Lipinski definition) is 3. The monoisotopic (exact) mass is 670 g/mol. The topological polar surface area (TPSA) is 21.7 Å². The number of hydrogen-bond donors (Lipinski definition) is 0. The molecule has 1 saturated heterocycles. The summed E-state index contributed by atoms with van der Waals surface area (Å²) in [6.07, 6.45) is 54.6. The van der Waals surface area contributed by atoms with Crippen LogP contribution in [0, 0.1) is 0 Å². The third kappa shape index (κ3) is 27.6. The zero-order valence-electron chi connectivity index (χ0n) is 32.9. The summed E-state index contributed by atoms with van der Waals surface area (Å²) in [4.78, 5) is 2.44. The van der Waals surface area contributed by atoms with Crippen LogP contribution in [0.2, 0.25) is 0 Å². The Hall–Kier alpha value is -1.16. The molecule has 280 valence electrons. The Bertz CT molecular complexity index is 736. The normalized spacial score (nSPS) is 16.7. The SMILES string of the molecule is CCCCC/C=C\C/C=C\CCCCCCCCC1(CCCCCCCC/C=C\C/C=C\CCCCC)OCC(CCN(C)CCC)O1. The highest BCUT2D eigenvalue weighted by Gasteiger charge is 2.40. The number of ether oxygens (including phenoxy) is 2. The Morgan fingerprint density at radius 1 is 0.500 bits per heavy atom. The molecule has 0 aromatic rings. The van der Waals surface area contributed by atoms with Gasteiger partial charge in [-0.15, -0.1) is 0 Å². The lowest BCUT2D eigenvalue weighted by molar-refractivity contribution is -0.180. The van der Waals surface area contributed by atoms with Gasteiger partial charge < -0.3 is 14.4 Å². The predicted molar refractivity (Wildman–Crippen MR) is 214 cm³/mol. The average molecular weight is 670 g/mol. The van der Waals surface area contributed by atoms with E-state index in [4.69, 9.17) is 9.47 Å². The molecule has 0 amide bonds. The van der Waals surface area contributed by atoms with Gasteiger partial charge in [-0.3, -0.25) is 0 Å². The molecule has 1 unspecified atom stereocenters. The van der Waals surface area contributed by atoms with Crippen LogP contribution in [0.1, 0.15) is 201 Å². The lowest BCUT2D eigenvalue weighted by Gasteiger charge is -2.29. The van der Waals surface area contributed by atoms with Gasteiger partial charge in [-0.05, 0) is 103 Å². The van der Waals surface area contributed by atoms with Crippen LogP contribution in [0.3, 0.4) is 0 Å². The van der Waals surface area contributed by atoms with Crippen molar-refractivity contribution in [3.8, 4) is 0 Å². The van der Waals surface area contributed by atoms with Gasteiger partial charge in [0.2, 0.25) is 0 Å². The first-order chi connectivity index (χ1) is 23.7. The molecule has 1 atom stereocenters. The van der Waals surface area contributed by atoms with Crippen molar-refractivity contribution in [1.29, 1.82) is 0 Å². The highest BCUT2D eigenvalue weighted by Crippen LogP contribution is 2.35. The Labute approximate surface area is 301 Å². The average Bonchev–Trinajstić information content (AvgIpc) is 3.50. The molecule has 0 aromatic carbocycles. The van der Waals surface area contributed by atoms with Crippen molar-refractivity contribution >= 4 is 0 Å². The fraction of sp³-hybridized carbons (Fsp3) is 0.822. The molecule has 0 spiro atoms. The van der Waals surface area contributed by atoms with Gasteiger partial charge in [-0.25, -0.2) is 0 Å². The lowest BCUT2D eigenvalue weighted by atomic mass is 9.98. The molecule has 1 heterocycles. The number of rotatable bonds is 35. The van der Waals surface area contributed by atoms with Gasteiger partial charge in [0.1, 0.15) is 0 Å². The largest absolute Gasteiger partial charge is 0.347 e. The minimum atomic E-state index is -0.321. The molecular weight excluding hydrogens is 587 g/mol. The zero-order chi connectivity index (χ0) is 34.6. The van der Waals surface area contributed by atoms with E-state index in [0.717, 1.165) is 45.3 Å². The molecule has 3 nitrogen and oxygen atoms in total. The molecule has 0 N–H and O–H groups in total. The van der Waals surface area contributed by atoms with Crippen molar-refractivity contribution in [2.24, 2.45) is 0 Å². The predicted octanol–water partition coefficient (Wildman–Crippen LogP) is 14.2. The molecule has 48 heavy (non-hydrogen) atoms. The van der Waals surface area contributed by atoms with E-state index in [0.29, 0.717) is 0 Å². The smallest absolute Gasteiger partial charge is 0.168 e. The Morgan fingerprint density at radius 3 is 1.35 bits per heavy atom. The lowest BCUT2D eigenvalue weighted by Crippen LogP contribution is -2.32. The van der Waals surface area contributed by atoms with Crippen molar-refractivity contribution in [3.63, 3.8) is 0 Å². The molecule has 1 rings (SSSR count). The standard InChI is InChI=1S/C45H83NO2/c1-5-8-10-12-14-16-18-20-22-24-26-28-30-32-34-36-39-45(47-43-44(48-45)38-42-46(4)41-7-3)40-37-35-33-31-29-27-25-23-21-19-17-15-13-11-9-6-2/h14-17,20-23,44H,5-13,18-19,24-43H2,1-4H3/b16-14-,17-15-,22-20-,23-21-. The summed E-state index contributed by atoms with van der Waals surface area (Å²) in [5, 5.41) is 0. The molecule has 0 radical (unpaired) electrons. The molecule has 0 aromatic heterocycles. The van der Waals surface area contributed by atoms with Crippen LogP contribution in [-0.2, 0) is 9.47 Å². The van der Waals surface area contributed by atoms with Crippen LogP contribution >= 0.6 is 0 Å². The van der Waals surface area contributed by atoms with E-state index in [1.54, 1.807) is 0 Å². The third-order valence-electron chi connectivity index (χ3n) is 9.87. The summed E-state index contributed by atoms with van der Waals surface area (Å²) in [7, 11) is 2.24. The first kappa shape index (κ1) is 44.9. The molecule has 0 bridgehead atoms. The van der Waals surface area contributed by atoms with E-state index in [1.165, 1.54) is 154 Å². The van der Waals surface area contributed by atoms with Crippen molar-refractivity contribution in [2.45, 2.75) is 212 Å². The summed E-state index contributed by atoms with van der Waals surface area (Å²) < 4.78 is 13.3. The number of allylic oxidation sites excluding steroid dienone is 8.